The monoisotopic (exact) mass is 256 g/mol. The largest absolute Gasteiger partial charge is 0.378 e. The van der Waals surface area contributed by atoms with Crippen molar-refractivity contribution in [1.82, 2.24) is 10.2 Å². The molecule has 5 heteroatoms. The Balaban J connectivity index is 1.72. The van der Waals surface area contributed by atoms with Gasteiger partial charge in [0.05, 0.1) is 12.2 Å². The molecule has 3 unspecified atom stereocenters. The molecule has 0 spiro atoms. The number of hydrogen-bond donors (Lipinski definition) is 1. The van der Waals surface area contributed by atoms with Crippen LogP contribution in [0, 0.1) is 0 Å². The van der Waals surface area contributed by atoms with Crippen molar-refractivity contribution in [3.05, 3.63) is 0 Å². The highest BCUT2D eigenvalue weighted by molar-refractivity contribution is 5.74. The van der Waals surface area contributed by atoms with Crippen LogP contribution >= 0.6 is 0 Å². The zero-order valence-electron chi connectivity index (χ0n) is 11.4. The van der Waals surface area contributed by atoms with Crippen LogP contribution < -0.4 is 5.32 Å². The van der Waals surface area contributed by atoms with Crippen molar-refractivity contribution in [3.8, 4) is 0 Å². The zero-order chi connectivity index (χ0) is 13.0. The SMILES string of the molecule is CC1CC(NC(=O)N(C)CC2CCCO2)CCO1. The van der Waals surface area contributed by atoms with Gasteiger partial charge in [-0.3, -0.25) is 0 Å². The summed E-state index contributed by atoms with van der Waals surface area (Å²) in [5.74, 6) is 0. The third-order valence-electron chi connectivity index (χ3n) is 3.66. The van der Waals surface area contributed by atoms with Gasteiger partial charge < -0.3 is 19.7 Å². The van der Waals surface area contributed by atoms with Crippen molar-refractivity contribution in [1.29, 1.82) is 0 Å². The molecule has 1 N–H and O–H groups in total. The molecule has 0 aromatic heterocycles. The molecule has 2 aliphatic heterocycles. The quantitative estimate of drug-likeness (QED) is 0.830. The molecule has 2 heterocycles. The Kier molecular flexibility index (Phi) is 4.83. The molecule has 2 aliphatic rings. The second kappa shape index (κ2) is 6.38. The van der Waals surface area contributed by atoms with Crippen molar-refractivity contribution in [2.45, 2.75) is 50.9 Å². The molecule has 5 nitrogen and oxygen atoms in total. The van der Waals surface area contributed by atoms with E-state index in [1.165, 1.54) is 0 Å². The van der Waals surface area contributed by atoms with Crippen molar-refractivity contribution >= 4 is 6.03 Å². The zero-order valence-corrected chi connectivity index (χ0v) is 11.4. The van der Waals surface area contributed by atoms with E-state index in [2.05, 4.69) is 5.32 Å². The van der Waals surface area contributed by atoms with Crippen molar-refractivity contribution < 1.29 is 14.3 Å². The van der Waals surface area contributed by atoms with E-state index in [0.29, 0.717) is 6.54 Å². The Bertz CT molecular complexity index is 279. The number of rotatable bonds is 3. The van der Waals surface area contributed by atoms with E-state index in [-0.39, 0.29) is 24.3 Å². The molecule has 0 radical (unpaired) electrons. The van der Waals surface area contributed by atoms with Gasteiger partial charge in [-0.1, -0.05) is 0 Å². The fraction of sp³-hybridized carbons (Fsp3) is 0.923. The summed E-state index contributed by atoms with van der Waals surface area (Å²) in [6.45, 7) is 4.30. The number of likely N-dealkylation sites (N-methyl/N-ethyl adjacent to an activating group) is 1. The number of hydrogen-bond acceptors (Lipinski definition) is 3. The van der Waals surface area contributed by atoms with Crippen LogP contribution in [0.5, 0.6) is 0 Å². The van der Waals surface area contributed by atoms with Crippen LogP contribution in [0.3, 0.4) is 0 Å². The number of ether oxygens (including phenoxy) is 2. The van der Waals surface area contributed by atoms with E-state index >= 15 is 0 Å². The maximum Gasteiger partial charge on any atom is 0.317 e. The average Bonchev–Trinajstić information content (AvgIpc) is 2.81. The molecular weight excluding hydrogens is 232 g/mol. The Labute approximate surface area is 109 Å². The first-order valence-electron chi connectivity index (χ1n) is 6.90. The minimum Gasteiger partial charge on any atom is -0.378 e. The van der Waals surface area contributed by atoms with Gasteiger partial charge in [0, 0.05) is 32.8 Å². The number of amides is 2. The predicted molar refractivity (Wildman–Crippen MR) is 68.6 cm³/mol. The number of carbonyl (C=O) groups is 1. The first-order valence-corrected chi connectivity index (χ1v) is 6.90. The average molecular weight is 256 g/mol. The summed E-state index contributed by atoms with van der Waals surface area (Å²) in [5.41, 5.74) is 0. The third-order valence-corrected chi connectivity index (χ3v) is 3.66. The van der Waals surface area contributed by atoms with Crippen LogP contribution in [0.4, 0.5) is 4.79 Å². The van der Waals surface area contributed by atoms with Gasteiger partial charge in [-0.25, -0.2) is 4.79 Å². The van der Waals surface area contributed by atoms with Gasteiger partial charge in [-0.15, -0.1) is 0 Å². The van der Waals surface area contributed by atoms with Crippen molar-refractivity contribution in [2.75, 3.05) is 26.8 Å². The van der Waals surface area contributed by atoms with Crippen LogP contribution in [0.2, 0.25) is 0 Å². The van der Waals surface area contributed by atoms with Gasteiger partial charge in [-0.2, -0.15) is 0 Å². The highest BCUT2D eigenvalue weighted by atomic mass is 16.5. The summed E-state index contributed by atoms with van der Waals surface area (Å²) in [5, 5.41) is 3.07. The third kappa shape index (κ3) is 3.85. The van der Waals surface area contributed by atoms with E-state index in [4.69, 9.17) is 9.47 Å². The van der Waals surface area contributed by atoms with E-state index in [0.717, 1.165) is 38.9 Å². The first-order chi connectivity index (χ1) is 8.65. The predicted octanol–water partition coefficient (Wildman–Crippen LogP) is 1.37. The fourth-order valence-corrected chi connectivity index (χ4v) is 2.59. The Morgan fingerprint density at radius 2 is 2.17 bits per heavy atom. The highest BCUT2D eigenvalue weighted by Gasteiger charge is 2.24. The topological polar surface area (TPSA) is 50.8 Å². The first kappa shape index (κ1) is 13.6. The second-order valence-corrected chi connectivity index (χ2v) is 5.37. The molecule has 18 heavy (non-hydrogen) atoms. The number of nitrogens with one attached hydrogen (secondary N) is 1. The number of urea groups is 1. The molecule has 0 aromatic carbocycles. The van der Waals surface area contributed by atoms with E-state index in [1.54, 1.807) is 4.90 Å². The van der Waals surface area contributed by atoms with Gasteiger partial charge in [-0.05, 0) is 32.6 Å². The molecule has 2 amide bonds. The van der Waals surface area contributed by atoms with Gasteiger partial charge in [0.1, 0.15) is 0 Å². The van der Waals surface area contributed by atoms with E-state index < -0.39 is 0 Å². The molecule has 3 atom stereocenters. The van der Waals surface area contributed by atoms with Crippen LogP contribution in [0.25, 0.3) is 0 Å². The lowest BCUT2D eigenvalue weighted by atomic mass is 10.0. The van der Waals surface area contributed by atoms with E-state index in [1.807, 2.05) is 14.0 Å². The maximum absolute atomic E-state index is 12.0. The molecule has 0 saturated carbocycles. The standard InChI is InChI=1S/C13H24N2O3/c1-10-8-11(5-7-17-10)14-13(16)15(2)9-12-4-3-6-18-12/h10-12H,3-9H2,1-2H3,(H,14,16). The van der Waals surface area contributed by atoms with Gasteiger partial charge in [0.25, 0.3) is 0 Å². The van der Waals surface area contributed by atoms with Crippen LogP contribution in [-0.4, -0.2) is 56.0 Å². The number of nitrogens with zero attached hydrogens (tertiary/aromatic N) is 1. The highest BCUT2D eigenvalue weighted by Crippen LogP contribution is 2.15. The molecule has 2 fully saturated rings. The number of carbonyl (C=O) groups excluding carboxylic acids is 1. The summed E-state index contributed by atoms with van der Waals surface area (Å²) in [6.07, 6.45) is 4.44. The van der Waals surface area contributed by atoms with Crippen LogP contribution in [0.15, 0.2) is 0 Å². The van der Waals surface area contributed by atoms with Crippen molar-refractivity contribution in [3.63, 3.8) is 0 Å². The second-order valence-electron chi connectivity index (χ2n) is 5.37. The molecule has 0 aliphatic carbocycles. The Morgan fingerprint density at radius 3 is 2.83 bits per heavy atom. The van der Waals surface area contributed by atoms with Gasteiger partial charge >= 0.3 is 6.03 Å². The van der Waals surface area contributed by atoms with Crippen LogP contribution in [-0.2, 0) is 9.47 Å². The van der Waals surface area contributed by atoms with Gasteiger partial charge in [0.2, 0.25) is 0 Å². The molecule has 2 saturated heterocycles. The molecular formula is C13H24N2O3. The van der Waals surface area contributed by atoms with Gasteiger partial charge in [0.15, 0.2) is 0 Å². The summed E-state index contributed by atoms with van der Waals surface area (Å²) in [6, 6.07) is 0.248. The smallest absolute Gasteiger partial charge is 0.317 e. The normalized spacial score (nSPS) is 32.2. The maximum atomic E-state index is 12.0. The van der Waals surface area contributed by atoms with E-state index in [9.17, 15) is 4.79 Å². The lowest BCUT2D eigenvalue weighted by molar-refractivity contribution is 0.0142. The summed E-state index contributed by atoms with van der Waals surface area (Å²) >= 11 is 0. The summed E-state index contributed by atoms with van der Waals surface area (Å²) in [4.78, 5) is 13.8. The Hall–Kier alpha value is -0.810. The van der Waals surface area contributed by atoms with Crippen molar-refractivity contribution in [2.24, 2.45) is 0 Å². The summed E-state index contributed by atoms with van der Waals surface area (Å²) < 4.78 is 11.0. The molecule has 2 rings (SSSR count). The molecule has 0 bridgehead atoms. The minimum absolute atomic E-state index is 0.00426. The minimum atomic E-state index is 0.00426. The Morgan fingerprint density at radius 1 is 1.33 bits per heavy atom. The summed E-state index contributed by atoms with van der Waals surface area (Å²) in [7, 11) is 1.83. The fourth-order valence-electron chi connectivity index (χ4n) is 2.59. The van der Waals surface area contributed by atoms with Crippen LogP contribution in [0.1, 0.15) is 32.6 Å². The molecule has 0 aromatic rings. The lowest BCUT2D eigenvalue weighted by Gasteiger charge is -2.30. The molecule has 104 valence electrons. The lowest BCUT2D eigenvalue weighted by Crippen LogP contribution is -2.48.